The summed E-state index contributed by atoms with van der Waals surface area (Å²) in [5.41, 5.74) is -0.267. The minimum atomic E-state index is -4.96. The number of rotatable bonds is 6. The lowest BCUT2D eigenvalue weighted by Gasteiger charge is -2.26. The first-order chi connectivity index (χ1) is 18.6. The maximum atomic E-state index is 13.2. The zero-order chi connectivity index (χ0) is 27.7. The van der Waals surface area contributed by atoms with Crippen molar-refractivity contribution in [2.24, 2.45) is 0 Å². The summed E-state index contributed by atoms with van der Waals surface area (Å²) < 4.78 is 42.1. The molecule has 1 fully saturated rings. The molecule has 0 unspecified atom stereocenters. The highest BCUT2D eigenvalue weighted by Crippen LogP contribution is 2.24. The van der Waals surface area contributed by atoms with E-state index >= 15 is 0 Å². The topological polar surface area (TPSA) is 124 Å². The van der Waals surface area contributed by atoms with Gasteiger partial charge in [-0.3, -0.25) is 9.36 Å². The van der Waals surface area contributed by atoms with Gasteiger partial charge in [-0.2, -0.15) is 18.2 Å². The maximum absolute atomic E-state index is 13.2. The van der Waals surface area contributed by atoms with Crippen molar-refractivity contribution in [3.8, 4) is 23.0 Å². The standard InChI is InChI=1S/C24H22ClF3N8O3/c25-16-8-6-15(7-9-16)20-31-36(23(39)34(20)13-18(37)24(26,27)28)22-30-14-35(32-22)17-5-4-10-29-19(17)21(38)33-11-2-1-3-12-33/h4-10,14,18,37H,1-3,11-13H2/t18-/m0/s1. The number of aromatic nitrogens is 7. The number of hydrogen-bond acceptors (Lipinski definition) is 7. The van der Waals surface area contributed by atoms with Crippen LogP contribution < -0.4 is 5.69 Å². The Morgan fingerprint density at radius 1 is 1.05 bits per heavy atom. The van der Waals surface area contributed by atoms with E-state index in [1.54, 1.807) is 17.0 Å². The van der Waals surface area contributed by atoms with E-state index in [-0.39, 0.29) is 28.9 Å². The zero-order valence-electron chi connectivity index (χ0n) is 20.3. The van der Waals surface area contributed by atoms with Crippen molar-refractivity contribution in [1.82, 2.24) is 39.0 Å². The molecule has 11 nitrogen and oxygen atoms in total. The number of pyridine rings is 1. The molecule has 39 heavy (non-hydrogen) atoms. The molecule has 15 heteroatoms. The number of halogens is 4. The van der Waals surface area contributed by atoms with Crippen molar-refractivity contribution in [3.05, 3.63) is 70.1 Å². The molecular formula is C24H22ClF3N8O3. The zero-order valence-corrected chi connectivity index (χ0v) is 21.0. The van der Waals surface area contributed by atoms with E-state index in [0.717, 1.165) is 23.9 Å². The molecule has 1 N–H and O–H groups in total. The van der Waals surface area contributed by atoms with Crippen molar-refractivity contribution < 1.29 is 23.1 Å². The molecule has 0 aliphatic carbocycles. The summed E-state index contributed by atoms with van der Waals surface area (Å²) in [5, 5.41) is 18.5. The van der Waals surface area contributed by atoms with Gasteiger partial charge in [0.2, 0.25) is 0 Å². The van der Waals surface area contributed by atoms with Gasteiger partial charge < -0.3 is 10.0 Å². The van der Waals surface area contributed by atoms with Crippen molar-refractivity contribution in [2.75, 3.05) is 13.1 Å². The number of alkyl halides is 3. The lowest BCUT2D eigenvalue weighted by Crippen LogP contribution is -2.37. The highest BCUT2D eigenvalue weighted by Gasteiger charge is 2.39. The Kier molecular flexibility index (Phi) is 7.23. The number of amides is 1. The lowest BCUT2D eigenvalue weighted by molar-refractivity contribution is -0.207. The fourth-order valence-corrected chi connectivity index (χ4v) is 4.37. The average molecular weight is 563 g/mol. The predicted octanol–water partition coefficient (Wildman–Crippen LogP) is 2.88. The van der Waals surface area contributed by atoms with Crippen molar-refractivity contribution in [2.45, 2.75) is 38.1 Å². The van der Waals surface area contributed by atoms with Gasteiger partial charge in [0.1, 0.15) is 6.33 Å². The van der Waals surface area contributed by atoms with Crippen LogP contribution in [0.1, 0.15) is 29.8 Å². The van der Waals surface area contributed by atoms with Gasteiger partial charge in [0.15, 0.2) is 17.6 Å². The predicted molar refractivity (Wildman–Crippen MR) is 133 cm³/mol. The van der Waals surface area contributed by atoms with E-state index < -0.39 is 24.5 Å². The Morgan fingerprint density at radius 3 is 2.46 bits per heavy atom. The number of benzene rings is 1. The minimum absolute atomic E-state index is 0.142. The summed E-state index contributed by atoms with van der Waals surface area (Å²) in [6, 6.07) is 9.16. The fourth-order valence-electron chi connectivity index (χ4n) is 4.24. The highest BCUT2D eigenvalue weighted by molar-refractivity contribution is 6.30. The molecule has 3 aromatic heterocycles. The molecule has 1 atom stereocenters. The normalized spacial score (nSPS) is 14.9. The lowest BCUT2D eigenvalue weighted by atomic mass is 10.1. The Bertz CT molecular complexity index is 1540. The summed E-state index contributed by atoms with van der Waals surface area (Å²) in [6.45, 7) is 0.126. The van der Waals surface area contributed by atoms with Gasteiger partial charge in [-0.1, -0.05) is 11.6 Å². The highest BCUT2D eigenvalue weighted by atomic mass is 35.5. The molecule has 1 aliphatic rings. The molecular weight excluding hydrogens is 541 g/mol. The Balaban J connectivity index is 1.54. The second-order valence-corrected chi connectivity index (χ2v) is 9.34. The number of carbonyl (C=O) groups is 1. The molecule has 0 bridgehead atoms. The van der Waals surface area contributed by atoms with Crippen LogP contribution in [0.4, 0.5) is 13.2 Å². The van der Waals surface area contributed by atoms with Crippen LogP contribution in [0.15, 0.2) is 53.7 Å². The first-order valence-electron chi connectivity index (χ1n) is 12.0. The second kappa shape index (κ2) is 10.6. The SMILES string of the molecule is O=C(c1ncccc1-n1cnc(-n2nc(-c3ccc(Cl)cc3)n(C[C@H](O)C(F)(F)F)c2=O)n1)N1CCCCC1. The van der Waals surface area contributed by atoms with Crippen LogP contribution >= 0.6 is 11.6 Å². The Labute approximate surface area is 224 Å². The average Bonchev–Trinajstić information content (AvgIpc) is 3.54. The number of likely N-dealkylation sites (tertiary alicyclic amines) is 1. The van der Waals surface area contributed by atoms with Crippen molar-refractivity contribution in [1.29, 1.82) is 0 Å². The van der Waals surface area contributed by atoms with Crippen LogP contribution in [-0.2, 0) is 6.54 Å². The van der Waals surface area contributed by atoms with E-state index in [9.17, 15) is 27.9 Å². The Hall–Kier alpha value is -4.04. The number of piperidine rings is 1. The van der Waals surface area contributed by atoms with Crippen LogP contribution in [0, 0.1) is 0 Å². The molecule has 5 rings (SSSR count). The minimum Gasteiger partial charge on any atom is -0.382 e. The molecule has 1 aliphatic heterocycles. The molecule has 1 aromatic carbocycles. The van der Waals surface area contributed by atoms with Gasteiger partial charge in [-0.05, 0) is 55.7 Å². The van der Waals surface area contributed by atoms with E-state index in [1.807, 2.05) is 0 Å². The summed E-state index contributed by atoms with van der Waals surface area (Å²) in [7, 11) is 0. The van der Waals surface area contributed by atoms with Crippen LogP contribution in [0.25, 0.3) is 23.0 Å². The Morgan fingerprint density at radius 2 is 1.77 bits per heavy atom. The molecule has 4 aromatic rings. The smallest absolute Gasteiger partial charge is 0.382 e. The third kappa shape index (κ3) is 5.43. The van der Waals surface area contributed by atoms with Crippen LogP contribution in [0.2, 0.25) is 5.02 Å². The number of aliphatic hydroxyl groups excluding tert-OH is 1. The number of hydrogen-bond donors (Lipinski definition) is 1. The van der Waals surface area contributed by atoms with Gasteiger partial charge in [0, 0.05) is 29.9 Å². The summed E-state index contributed by atoms with van der Waals surface area (Å²) in [6.07, 6.45) is -2.21. The summed E-state index contributed by atoms with van der Waals surface area (Å²) in [4.78, 5) is 36.4. The van der Waals surface area contributed by atoms with Gasteiger partial charge in [0.05, 0.1) is 12.2 Å². The molecule has 4 heterocycles. The first-order valence-corrected chi connectivity index (χ1v) is 12.4. The van der Waals surface area contributed by atoms with E-state index in [1.165, 1.54) is 41.5 Å². The maximum Gasteiger partial charge on any atom is 0.416 e. The van der Waals surface area contributed by atoms with E-state index in [4.69, 9.17) is 11.6 Å². The molecule has 204 valence electrons. The number of nitrogens with zero attached hydrogens (tertiary/aromatic N) is 8. The largest absolute Gasteiger partial charge is 0.416 e. The molecule has 0 saturated carbocycles. The van der Waals surface area contributed by atoms with Crippen LogP contribution in [0.5, 0.6) is 0 Å². The molecule has 0 radical (unpaired) electrons. The third-order valence-corrected chi connectivity index (χ3v) is 6.50. The van der Waals surface area contributed by atoms with Crippen molar-refractivity contribution >= 4 is 17.5 Å². The molecule has 0 spiro atoms. The fraction of sp³-hybridized carbons (Fsp3) is 0.333. The summed E-state index contributed by atoms with van der Waals surface area (Å²) in [5.74, 6) is -0.677. The number of aliphatic hydroxyl groups is 1. The van der Waals surface area contributed by atoms with Gasteiger partial charge >= 0.3 is 11.9 Å². The van der Waals surface area contributed by atoms with Gasteiger partial charge in [-0.15, -0.1) is 14.9 Å². The molecule has 1 saturated heterocycles. The van der Waals surface area contributed by atoms with Gasteiger partial charge in [0.25, 0.3) is 11.9 Å². The van der Waals surface area contributed by atoms with Crippen LogP contribution in [-0.4, -0.2) is 75.4 Å². The molecule has 1 amide bonds. The first kappa shape index (κ1) is 26.6. The van der Waals surface area contributed by atoms with E-state index in [0.29, 0.717) is 28.4 Å². The van der Waals surface area contributed by atoms with Crippen molar-refractivity contribution in [3.63, 3.8) is 0 Å². The summed E-state index contributed by atoms with van der Waals surface area (Å²) >= 11 is 5.92. The van der Waals surface area contributed by atoms with Gasteiger partial charge in [-0.25, -0.2) is 14.5 Å². The van der Waals surface area contributed by atoms with E-state index in [2.05, 4.69) is 20.2 Å². The third-order valence-electron chi connectivity index (χ3n) is 6.25. The van der Waals surface area contributed by atoms with Crippen LogP contribution in [0.3, 0.4) is 0 Å². The quantitative estimate of drug-likeness (QED) is 0.383. The number of carbonyl (C=O) groups excluding carboxylic acids is 1. The second-order valence-electron chi connectivity index (χ2n) is 8.91. The monoisotopic (exact) mass is 562 g/mol.